The highest BCUT2D eigenvalue weighted by Crippen LogP contribution is 1.80. The molecule has 0 amide bonds. The number of guanidine groups is 1. The number of carbonyl (C=O) groups is 1. The molecular weight excluding hydrogens is 146 g/mol. The molecule has 2 N–H and O–H groups in total. The molecule has 11 heavy (non-hydrogen) atoms. The minimum atomic E-state index is -0.250. The molecule has 0 bridgehead atoms. The van der Waals surface area contributed by atoms with E-state index in [0.29, 0.717) is 5.96 Å². The van der Waals surface area contributed by atoms with Gasteiger partial charge in [0.05, 0.1) is 0 Å². The van der Waals surface area contributed by atoms with Crippen molar-refractivity contribution in [3.63, 3.8) is 0 Å². The Morgan fingerprint density at radius 2 is 1.45 bits per heavy atom. The maximum atomic E-state index is 8.36. The monoisotopic (exact) mass is 161 g/mol. The molecule has 0 fully saturated rings. The molecule has 0 saturated heterocycles. The molecule has 0 aromatic heterocycles. The Balaban J connectivity index is 0. The van der Waals surface area contributed by atoms with Gasteiger partial charge in [0.2, 0.25) is 0 Å². The zero-order valence-corrected chi connectivity index (χ0v) is 7.33. The van der Waals surface area contributed by atoms with Crippen LogP contribution in [0.3, 0.4) is 0 Å². The lowest BCUT2D eigenvalue weighted by Gasteiger charge is -2.19. The van der Waals surface area contributed by atoms with E-state index >= 15 is 0 Å². The van der Waals surface area contributed by atoms with Gasteiger partial charge >= 0.3 is 0 Å². The molecule has 0 saturated carbocycles. The Morgan fingerprint density at radius 1 is 1.27 bits per heavy atom. The summed E-state index contributed by atoms with van der Waals surface area (Å²) < 4.78 is 0. The van der Waals surface area contributed by atoms with Crippen molar-refractivity contribution in [3.8, 4) is 0 Å². The molecule has 0 aliphatic rings. The van der Waals surface area contributed by atoms with E-state index in [9.17, 15) is 0 Å². The molecular formula is C6H15N3O2. The maximum absolute atomic E-state index is 8.36. The van der Waals surface area contributed by atoms with E-state index in [0.717, 1.165) is 0 Å². The van der Waals surface area contributed by atoms with E-state index in [1.165, 1.54) is 0 Å². The van der Waals surface area contributed by atoms with Crippen LogP contribution in [0.25, 0.3) is 0 Å². The lowest BCUT2D eigenvalue weighted by Crippen LogP contribution is -2.34. The lowest BCUT2D eigenvalue weighted by molar-refractivity contribution is -0.122. The number of nitrogens with one attached hydrogen (secondary N) is 1. The van der Waals surface area contributed by atoms with Crippen molar-refractivity contribution in [1.29, 1.82) is 5.41 Å². The third-order valence-electron chi connectivity index (χ3n) is 0.847. The molecule has 0 heterocycles. The summed E-state index contributed by atoms with van der Waals surface area (Å²) >= 11 is 0. The Kier molecular flexibility index (Phi) is 7.74. The van der Waals surface area contributed by atoms with Crippen LogP contribution in [0.2, 0.25) is 0 Å². The molecule has 0 spiro atoms. The van der Waals surface area contributed by atoms with E-state index in [-0.39, 0.29) is 6.47 Å². The van der Waals surface area contributed by atoms with Crippen molar-refractivity contribution in [3.05, 3.63) is 0 Å². The first-order valence-corrected chi connectivity index (χ1v) is 2.98. The predicted octanol–water partition coefficient (Wildman–Crippen LogP) is -0.255. The van der Waals surface area contributed by atoms with Crippen LogP contribution in [0, 0.1) is 5.41 Å². The average Bonchev–Trinajstić information content (AvgIpc) is 1.87. The van der Waals surface area contributed by atoms with Crippen LogP contribution < -0.4 is 0 Å². The van der Waals surface area contributed by atoms with Gasteiger partial charge in [-0.05, 0) is 0 Å². The van der Waals surface area contributed by atoms with Crippen LogP contribution in [0.15, 0.2) is 0 Å². The van der Waals surface area contributed by atoms with Gasteiger partial charge in [0.1, 0.15) is 0 Å². The molecule has 0 radical (unpaired) electrons. The van der Waals surface area contributed by atoms with Crippen molar-refractivity contribution in [2.75, 3.05) is 28.2 Å². The summed E-state index contributed by atoms with van der Waals surface area (Å²) in [5.74, 6) is 0.519. The second kappa shape index (κ2) is 6.85. The fraction of sp³-hybridized carbons (Fsp3) is 0.667. The summed E-state index contributed by atoms with van der Waals surface area (Å²) in [6.45, 7) is -0.250. The third kappa shape index (κ3) is 8.74. The lowest BCUT2D eigenvalue weighted by atomic mass is 10.7. The Morgan fingerprint density at radius 3 is 1.45 bits per heavy atom. The Bertz CT molecular complexity index is 113. The van der Waals surface area contributed by atoms with Crippen molar-refractivity contribution >= 4 is 12.4 Å². The normalized spacial score (nSPS) is 7.27. The van der Waals surface area contributed by atoms with Gasteiger partial charge in [0.15, 0.2) is 5.96 Å². The van der Waals surface area contributed by atoms with Crippen LogP contribution in [0.1, 0.15) is 0 Å². The largest absolute Gasteiger partial charge is 0.483 e. The highest BCUT2D eigenvalue weighted by molar-refractivity contribution is 5.75. The summed E-state index contributed by atoms with van der Waals surface area (Å²) in [5.41, 5.74) is 0. The second-order valence-corrected chi connectivity index (χ2v) is 2.22. The molecule has 0 aromatic rings. The predicted molar refractivity (Wildman–Crippen MR) is 43.8 cm³/mol. The second-order valence-electron chi connectivity index (χ2n) is 2.22. The SMILES string of the molecule is CN(C)C(=N)N(C)C.O=CO. The molecule has 0 atom stereocenters. The number of rotatable bonds is 0. The Labute approximate surface area is 66.7 Å². The van der Waals surface area contributed by atoms with Crippen LogP contribution in [0.5, 0.6) is 0 Å². The first kappa shape index (κ1) is 12.4. The minimum absolute atomic E-state index is 0.250. The van der Waals surface area contributed by atoms with Crippen LogP contribution in [-0.2, 0) is 4.79 Å². The summed E-state index contributed by atoms with van der Waals surface area (Å²) in [6.07, 6.45) is 0. The standard InChI is InChI=1S/C5H13N3.CH2O2/c1-7(2)5(6)8(3)4;2-1-3/h6H,1-4H3;1H,(H,2,3). The van der Waals surface area contributed by atoms with Gasteiger partial charge in [-0.3, -0.25) is 10.2 Å². The number of hydrogen-bond donors (Lipinski definition) is 2. The summed E-state index contributed by atoms with van der Waals surface area (Å²) in [4.78, 5) is 11.9. The molecule has 0 aliphatic heterocycles. The van der Waals surface area contributed by atoms with Crippen molar-refractivity contribution in [1.82, 2.24) is 9.80 Å². The van der Waals surface area contributed by atoms with Gasteiger partial charge in [-0.1, -0.05) is 0 Å². The Hall–Kier alpha value is -1.26. The molecule has 0 rings (SSSR count). The van der Waals surface area contributed by atoms with Crippen LogP contribution >= 0.6 is 0 Å². The maximum Gasteiger partial charge on any atom is 0.290 e. The molecule has 5 heteroatoms. The van der Waals surface area contributed by atoms with Gasteiger partial charge in [-0.2, -0.15) is 0 Å². The topological polar surface area (TPSA) is 67.6 Å². The van der Waals surface area contributed by atoms with Crippen molar-refractivity contribution < 1.29 is 9.90 Å². The molecule has 5 nitrogen and oxygen atoms in total. The zero-order chi connectivity index (χ0) is 9.44. The third-order valence-corrected chi connectivity index (χ3v) is 0.847. The van der Waals surface area contributed by atoms with Crippen LogP contribution in [0.4, 0.5) is 0 Å². The van der Waals surface area contributed by atoms with E-state index in [4.69, 9.17) is 15.3 Å². The zero-order valence-electron chi connectivity index (χ0n) is 7.33. The number of carboxylic acid groups (broad SMARTS) is 1. The highest BCUT2D eigenvalue weighted by Gasteiger charge is 1.97. The number of nitrogens with zero attached hydrogens (tertiary/aromatic N) is 2. The minimum Gasteiger partial charge on any atom is -0.483 e. The summed E-state index contributed by atoms with van der Waals surface area (Å²) in [5, 5.41) is 14.1. The van der Waals surface area contributed by atoms with Gasteiger partial charge < -0.3 is 14.9 Å². The molecule has 66 valence electrons. The fourth-order valence-electron chi connectivity index (χ4n) is 0.400. The molecule has 0 unspecified atom stereocenters. The van der Waals surface area contributed by atoms with Gasteiger partial charge in [-0.25, -0.2) is 0 Å². The highest BCUT2D eigenvalue weighted by atomic mass is 16.3. The summed E-state index contributed by atoms with van der Waals surface area (Å²) in [7, 11) is 7.40. The first-order chi connectivity index (χ1) is 4.97. The quantitative estimate of drug-likeness (QED) is 0.292. The van der Waals surface area contributed by atoms with E-state index < -0.39 is 0 Å². The molecule has 0 aliphatic carbocycles. The van der Waals surface area contributed by atoms with Gasteiger partial charge in [0, 0.05) is 28.2 Å². The van der Waals surface area contributed by atoms with Crippen molar-refractivity contribution in [2.24, 2.45) is 0 Å². The first-order valence-electron chi connectivity index (χ1n) is 2.98. The van der Waals surface area contributed by atoms with Crippen LogP contribution in [-0.4, -0.2) is 55.5 Å². The smallest absolute Gasteiger partial charge is 0.290 e. The number of hydrogen-bond acceptors (Lipinski definition) is 2. The molecule has 0 aromatic carbocycles. The van der Waals surface area contributed by atoms with Gasteiger partial charge in [0.25, 0.3) is 6.47 Å². The van der Waals surface area contributed by atoms with E-state index in [1.54, 1.807) is 9.80 Å². The fourth-order valence-corrected chi connectivity index (χ4v) is 0.400. The van der Waals surface area contributed by atoms with Crippen molar-refractivity contribution in [2.45, 2.75) is 0 Å². The van der Waals surface area contributed by atoms with E-state index in [2.05, 4.69) is 0 Å². The van der Waals surface area contributed by atoms with E-state index in [1.807, 2.05) is 28.2 Å². The van der Waals surface area contributed by atoms with Gasteiger partial charge in [-0.15, -0.1) is 0 Å². The summed E-state index contributed by atoms with van der Waals surface area (Å²) in [6, 6.07) is 0. The average molecular weight is 161 g/mol.